The van der Waals surface area contributed by atoms with Crippen molar-refractivity contribution in [3.8, 4) is 0 Å². The van der Waals surface area contributed by atoms with E-state index in [0.717, 1.165) is 24.7 Å². The summed E-state index contributed by atoms with van der Waals surface area (Å²) >= 11 is 0. The van der Waals surface area contributed by atoms with E-state index in [4.69, 9.17) is 0 Å². The van der Waals surface area contributed by atoms with Gasteiger partial charge in [-0.2, -0.15) is 0 Å². The monoisotopic (exact) mass is 218 g/mol. The molecule has 1 heterocycles. The van der Waals surface area contributed by atoms with Gasteiger partial charge in [0, 0.05) is 12.7 Å². The number of aromatic nitrogens is 1. The lowest BCUT2D eigenvalue weighted by Gasteiger charge is -2.21. The molecule has 88 valence electrons. The van der Waals surface area contributed by atoms with Crippen molar-refractivity contribution in [3.05, 3.63) is 23.9 Å². The van der Waals surface area contributed by atoms with Crippen molar-refractivity contribution in [1.29, 1.82) is 0 Å². The molecule has 1 N–H and O–H groups in total. The van der Waals surface area contributed by atoms with E-state index in [1.807, 2.05) is 6.20 Å². The van der Waals surface area contributed by atoms with E-state index in [0.29, 0.717) is 0 Å². The second-order valence-electron chi connectivity index (χ2n) is 4.79. The SMILES string of the molecule is CCc1ccc(NCC2CCCCC2)nc1. The Morgan fingerprint density at radius 3 is 2.69 bits per heavy atom. The first-order valence-corrected chi connectivity index (χ1v) is 6.57. The number of aryl methyl sites for hydroxylation is 1. The Balaban J connectivity index is 1.79. The van der Waals surface area contributed by atoms with Crippen molar-refractivity contribution in [2.24, 2.45) is 5.92 Å². The first-order valence-electron chi connectivity index (χ1n) is 6.57. The summed E-state index contributed by atoms with van der Waals surface area (Å²) in [5.74, 6) is 1.89. The van der Waals surface area contributed by atoms with E-state index in [1.54, 1.807) is 0 Å². The minimum atomic E-state index is 0.862. The van der Waals surface area contributed by atoms with Crippen molar-refractivity contribution in [3.63, 3.8) is 0 Å². The second-order valence-corrected chi connectivity index (χ2v) is 4.79. The highest BCUT2D eigenvalue weighted by atomic mass is 15.0. The van der Waals surface area contributed by atoms with Crippen molar-refractivity contribution in [1.82, 2.24) is 4.98 Å². The average Bonchev–Trinajstić information content (AvgIpc) is 2.38. The van der Waals surface area contributed by atoms with Crippen LogP contribution in [-0.4, -0.2) is 11.5 Å². The Labute approximate surface area is 98.5 Å². The van der Waals surface area contributed by atoms with Crippen LogP contribution >= 0.6 is 0 Å². The Kier molecular flexibility index (Phi) is 4.20. The van der Waals surface area contributed by atoms with Gasteiger partial charge in [0.15, 0.2) is 0 Å². The number of hydrogen-bond donors (Lipinski definition) is 1. The first-order chi connectivity index (χ1) is 7.88. The van der Waals surface area contributed by atoms with E-state index in [9.17, 15) is 0 Å². The zero-order valence-electron chi connectivity index (χ0n) is 10.2. The van der Waals surface area contributed by atoms with Gasteiger partial charge >= 0.3 is 0 Å². The van der Waals surface area contributed by atoms with Gasteiger partial charge in [0.25, 0.3) is 0 Å². The second kappa shape index (κ2) is 5.88. The zero-order valence-corrected chi connectivity index (χ0v) is 10.2. The fourth-order valence-electron chi connectivity index (χ4n) is 2.38. The van der Waals surface area contributed by atoms with Gasteiger partial charge in [0.1, 0.15) is 5.82 Å². The van der Waals surface area contributed by atoms with E-state index >= 15 is 0 Å². The summed E-state index contributed by atoms with van der Waals surface area (Å²) in [5, 5.41) is 3.45. The van der Waals surface area contributed by atoms with Crippen molar-refractivity contribution >= 4 is 5.82 Å². The van der Waals surface area contributed by atoms with Crippen LogP contribution in [0.4, 0.5) is 5.82 Å². The van der Waals surface area contributed by atoms with Gasteiger partial charge in [-0.1, -0.05) is 32.3 Å². The molecule has 0 bridgehead atoms. The average molecular weight is 218 g/mol. The smallest absolute Gasteiger partial charge is 0.125 e. The minimum Gasteiger partial charge on any atom is -0.370 e. The van der Waals surface area contributed by atoms with Crippen LogP contribution in [-0.2, 0) is 6.42 Å². The molecule has 0 saturated heterocycles. The lowest BCUT2D eigenvalue weighted by atomic mass is 9.89. The van der Waals surface area contributed by atoms with Crippen LogP contribution < -0.4 is 5.32 Å². The molecule has 1 aromatic rings. The normalized spacial score (nSPS) is 17.3. The third-order valence-corrected chi connectivity index (χ3v) is 3.53. The highest BCUT2D eigenvalue weighted by Crippen LogP contribution is 2.23. The maximum atomic E-state index is 4.42. The first kappa shape index (κ1) is 11.4. The molecule has 1 aliphatic carbocycles. The summed E-state index contributed by atoms with van der Waals surface area (Å²) in [7, 11) is 0. The summed E-state index contributed by atoms with van der Waals surface area (Å²) in [6, 6.07) is 4.26. The van der Waals surface area contributed by atoms with Crippen LogP contribution in [0.15, 0.2) is 18.3 Å². The van der Waals surface area contributed by atoms with E-state index < -0.39 is 0 Å². The van der Waals surface area contributed by atoms with Gasteiger partial charge in [-0.25, -0.2) is 4.98 Å². The fraction of sp³-hybridized carbons (Fsp3) is 0.643. The maximum absolute atomic E-state index is 4.42. The van der Waals surface area contributed by atoms with Crippen LogP contribution in [0.3, 0.4) is 0 Å². The third-order valence-electron chi connectivity index (χ3n) is 3.53. The molecule has 0 radical (unpaired) electrons. The quantitative estimate of drug-likeness (QED) is 0.834. The van der Waals surface area contributed by atoms with Crippen molar-refractivity contribution < 1.29 is 0 Å². The van der Waals surface area contributed by atoms with E-state index in [2.05, 4.69) is 29.4 Å². The predicted molar refractivity (Wildman–Crippen MR) is 68.7 cm³/mol. The van der Waals surface area contributed by atoms with E-state index in [-0.39, 0.29) is 0 Å². The number of nitrogens with one attached hydrogen (secondary N) is 1. The summed E-state index contributed by atoms with van der Waals surface area (Å²) in [6.07, 6.45) is 10.1. The molecule has 0 unspecified atom stereocenters. The highest BCUT2D eigenvalue weighted by molar-refractivity contribution is 5.35. The predicted octanol–water partition coefficient (Wildman–Crippen LogP) is 3.64. The Morgan fingerprint density at radius 2 is 2.06 bits per heavy atom. The van der Waals surface area contributed by atoms with Crippen LogP contribution in [0.1, 0.15) is 44.6 Å². The molecule has 1 aromatic heterocycles. The molecule has 0 atom stereocenters. The summed E-state index contributed by atoms with van der Waals surface area (Å²) in [6.45, 7) is 3.25. The lowest BCUT2D eigenvalue weighted by molar-refractivity contribution is 0.373. The number of hydrogen-bond acceptors (Lipinski definition) is 2. The molecule has 0 amide bonds. The van der Waals surface area contributed by atoms with Gasteiger partial charge < -0.3 is 5.32 Å². The summed E-state index contributed by atoms with van der Waals surface area (Å²) < 4.78 is 0. The molecule has 2 nitrogen and oxygen atoms in total. The van der Waals surface area contributed by atoms with Gasteiger partial charge in [-0.05, 0) is 36.8 Å². The Bertz CT molecular complexity index is 299. The molecule has 16 heavy (non-hydrogen) atoms. The summed E-state index contributed by atoms with van der Waals surface area (Å²) in [5.41, 5.74) is 1.31. The van der Waals surface area contributed by atoms with Gasteiger partial charge in [0.2, 0.25) is 0 Å². The summed E-state index contributed by atoms with van der Waals surface area (Å²) in [4.78, 5) is 4.42. The van der Waals surface area contributed by atoms with Crippen molar-refractivity contribution in [2.75, 3.05) is 11.9 Å². The molecule has 2 rings (SSSR count). The molecule has 0 aromatic carbocycles. The van der Waals surface area contributed by atoms with Gasteiger partial charge in [-0.3, -0.25) is 0 Å². The fourth-order valence-corrected chi connectivity index (χ4v) is 2.38. The van der Waals surface area contributed by atoms with Crippen LogP contribution in [0, 0.1) is 5.92 Å². The number of pyridine rings is 1. The molecule has 1 fully saturated rings. The molecular weight excluding hydrogens is 196 g/mol. The minimum absolute atomic E-state index is 0.862. The number of nitrogens with zero attached hydrogens (tertiary/aromatic N) is 1. The zero-order chi connectivity index (χ0) is 11.2. The van der Waals surface area contributed by atoms with Crippen LogP contribution in [0.25, 0.3) is 0 Å². The largest absolute Gasteiger partial charge is 0.370 e. The van der Waals surface area contributed by atoms with Gasteiger partial charge in [0.05, 0.1) is 0 Å². The maximum Gasteiger partial charge on any atom is 0.125 e. The van der Waals surface area contributed by atoms with Crippen LogP contribution in [0.2, 0.25) is 0 Å². The topological polar surface area (TPSA) is 24.9 Å². The number of anilines is 1. The molecule has 1 aliphatic rings. The molecule has 2 heteroatoms. The third kappa shape index (κ3) is 3.22. The Morgan fingerprint density at radius 1 is 1.25 bits per heavy atom. The number of rotatable bonds is 4. The lowest BCUT2D eigenvalue weighted by Crippen LogP contribution is -2.17. The molecule has 1 saturated carbocycles. The highest BCUT2D eigenvalue weighted by Gasteiger charge is 2.12. The van der Waals surface area contributed by atoms with Gasteiger partial charge in [-0.15, -0.1) is 0 Å². The molecule has 0 spiro atoms. The molecular formula is C14H22N2. The van der Waals surface area contributed by atoms with E-state index in [1.165, 1.54) is 37.7 Å². The van der Waals surface area contributed by atoms with Crippen LogP contribution in [0.5, 0.6) is 0 Å². The Hall–Kier alpha value is -1.05. The standard InChI is InChI=1S/C14H22N2/c1-2-12-8-9-14(15-10-12)16-11-13-6-4-3-5-7-13/h8-10,13H,2-7,11H2,1H3,(H,15,16). The molecule has 0 aliphatic heterocycles. The van der Waals surface area contributed by atoms with Crippen molar-refractivity contribution in [2.45, 2.75) is 45.4 Å².